The standard InChI is InChI=1S/C19H18N6O2S2/c1-26-13-6-4-12(5-7-13)15-10-28-17-16(15)18(21-11-20-17)29-19-22-23-24-25(19)9-14-3-2-8-27-14/h4-7,10-11,14H,2-3,8-9H2,1H3. The van der Waals surface area contributed by atoms with Crippen molar-refractivity contribution in [1.29, 1.82) is 0 Å². The first-order valence-corrected chi connectivity index (χ1v) is 10.9. The average Bonchev–Trinajstić information content (AvgIpc) is 3.51. The predicted molar refractivity (Wildman–Crippen MR) is 110 cm³/mol. The lowest BCUT2D eigenvalue weighted by molar-refractivity contribution is 0.0912. The third-order valence-corrected chi connectivity index (χ3v) is 6.69. The number of rotatable bonds is 6. The molecule has 1 atom stereocenters. The number of methoxy groups -OCH3 is 1. The molecule has 148 valence electrons. The molecule has 0 amide bonds. The summed E-state index contributed by atoms with van der Waals surface area (Å²) >= 11 is 3.06. The van der Waals surface area contributed by atoms with Crippen LogP contribution in [0.5, 0.6) is 5.75 Å². The van der Waals surface area contributed by atoms with Crippen molar-refractivity contribution in [1.82, 2.24) is 30.2 Å². The van der Waals surface area contributed by atoms with Gasteiger partial charge >= 0.3 is 0 Å². The Bertz CT molecular complexity index is 1120. The number of aromatic nitrogens is 6. The van der Waals surface area contributed by atoms with E-state index in [-0.39, 0.29) is 6.10 Å². The van der Waals surface area contributed by atoms with Crippen LogP contribution < -0.4 is 4.74 Å². The van der Waals surface area contributed by atoms with Crippen molar-refractivity contribution in [2.45, 2.75) is 35.7 Å². The van der Waals surface area contributed by atoms with E-state index < -0.39 is 0 Å². The van der Waals surface area contributed by atoms with Crippen molar-refractivity contribution in [2.24, 2.45) is 0 Å². The number of tetrazole rings is 1. The van der Waals surface area contributed by atoms with Crippen LogP contribution in [-0.4, -0.2) is 50.0 Å². The van der Waals surface area contributed by atoms with E-state index in [0.717, 1.165) is 51.6 Å². The van der Waals surface area contributed by atoms with Crippen molar-refractivity contribution in [3.63, 3.8) is 0 Å². The second kappa shape index (κ2) is 8.05. The Morgan fingerprint density at radius 1 is 1.28 bits per heavy atom. The number of nitrogens with zero attached hydrogens (tertiary/aromatic N) is 6. The lowest BCUT2D eigenvalue weighted by atomic mass is 10.1. The van der Waals surface area contributed by atoms with Gasteiger partial charge in [0.05, 0.1) is 25.1 Å². The fourth-order valence-corrected chi connectivity index (χ4v) is 5.22. The number of hydrogen-bond donors (Lipinski definition) is 0. The van der Waals surface area contributed by atoms with E-state index >= 15 is 0 Å². The van der Waals surface area contributed by atoms with Crippen LogP contribution >= 0.6 is 23.1 Å². The molecular formula is C19H18N6O2S2. The zero-order valence-electron chi connectivity index (χ0n) is 15.7. The maximum Gasteiger partial charge on any atom is 0.215 e. The van der Waals surface area contributed by atoms with Crippen molar-refractivity contribution in [2.75, 3.05) is 13.7 Å². The monoisotopic (exact) mass is 426 g/mol. The molecule has 29 heavy (non-hydrogen) atoms. The van der Waals surface area contributed by atoms with Gasteiger partial charge in [0, 0.05) is 17.6 Å². The molecule has 0 spiro atoms. The van der Waals surface area contributed by atoms with Crippen molar-refractivity contribution >= 4 is 33.3 Å². The summed E-state index contributed by atoms with van der Waals surface area (Å²) in [4.78, 5) is 9.92. The maximum atomic E-state index is 5.73. The molecule has 3 aromatic heterocycles. The summed E-state index contributed by atoms with van der Waals surface area (Å²) in [5.74, 6) is 0.826. The highest BCUT2D eigenvalue weighted by atomic mass is 32.2. The smallest absolute Gasteiger partial charge is 0.215 e. The van der Waals surface area contributed by atoms with Crippen LogP contribution in [0.2, 0.25) is 0 Å². The van der Waals surface area contributed by atoms with Crippen LogP contribution in [0.1, 0.15) is 12.8 Å². The molecule has 0 aliphatic carbocycles. The first-order valence-electron chi connectivity index (χ1n) is 9.24. The van der Waals surface area contributed by atoms with Crippen molar-refractivity contribution in [3.8, 4) is 16.9 Å². The van der Waals surface area contributed by atoms with E-state index in [9.17, 15) is 0 Å². The van der Waals surface area contributed by atoms with E-state index in [1.807, 2.05) is 24.3 Å². The Morgan fingerprint density at radius 2 is 2.17 bits per heavy atom. The predicted octanol–water partition coefficient (Wildman–Crippen LogP) is 3.68. The fourth-order valence-electron chi connectivity index (χ4n) is 3.36. The van der Waals surface area contributed by atoms with Gasteiger partial charge in [-0.3, -0.25) is 0 Å². The molecular weight excluding hydrogens is 408 g/mol. The summed E-state index contributed by atoms with van der Waals surface area (Å²) in [5, 5.41) is 16.9. The zero-order chi connectivity index (χ0) is 19.6. The summed E-state index contributed by atoms with van der Waals surface area (Å²) in [5.41, 5.74) is 2.18. The maximum absolute atomic E-state index is 5.73. The molecule has 0 saturated carbocycles. The van der Waals surface area contributed by atoms with E-state index in [0.29, 0.717) is 11.7 Å². The van der Waals surface area contributed by atoms with Gasteiger partial charge in [-0.15, -0.1) is 16.4 Å². The Balaban J connectivity index is 1.49. The van der Waals surface area contributed by atoms with Crippen molar-refractivity contribution < 1.29 is 9.47 Å². The summed E-state index contributed by atoms with van der Waals surface area (Å²) < 4.78 is 12.8. The number of hydrogen-bond acceptors (Lipinski definition) is 9. The number of ether oxygens (including phenoxy) is 2. The van der Waals surface area contributed by atoms with Gasteiger partial charge in [0.25, 0.3) is 0 Å². The van der Waals surface area contributed by atoms with Gasteiger partial charge in [-0.05, 0) is 52.7 Å². The molecule has 10 heteroatoms. The molecule has 1 aliphatic heterocycles. The van der Waals surface area contributed by atoms with Gasteiger partial charge in [0.1, 0.15) is 21.9 Å². The molecule has 0 bridgehead atoms. The van der Waals surface area contributed by atoms with Crippen molar-refractivity contribution in [3.05, 3.63) is 36.0 Å². The molecule has 1 aliphatic rings. The largest absolute Gasteiger partial charge is 0.497 e. The fraction of sp³-hybridized carbons (Fsp3) is 0.316. The first-order chi connectivity index (χ1) is 14.3. The van der Waals surface area contributed by atoms with E-state index in [2.05, 4.69) is 30.9 Å². The Kier molecular flexibility index (Phi) is 5.13. The molecule has 1 saturated heterocycles. The third-order valence-electron chi connectivity index (χ3n) is 4.82. The third kappa shape index (κ3) is 3.70. The van der Waals surface area contributed by atoms with Crippen LogP contribution in [0.25, 0.3) is 21.3 Å². The van der Waals surface area contributed by atoms with Crippen LogP contribution in [0, 0.1) is 0 Å². The molecule has 1 unspecified atom stereocenters. The Hall–Kier alpha value is -2.56. The van der Waals surface area contributed by atoms with Crippen LogP contribution in [0.3, 0.4) is 0 Å². The molecule has 4 heterocycles. The summed E-state index contributed by atoms with van der Waals surface area (Å²) in [6.45, 7) is 1.46. The van der Waals surface area contributed by atoms with Gasteiger partial charge in [-0.1, -0.05) is 12.1 Å². The number of benzene rings is 1. The van der Waals surface area contributed by atoms with Gasteiger partial charge < -0.3 is 9.47 Å². The quantitative estimate of drug-likeness (QED) is 0.432. The van der Waals surface area contributed by atoms with E-state index in [4.69, 9.17) is 9.47 Å². The molecule has 0 N–H and O–H groups in total. The summed E-state index contributed by atoms with van der Waals surface area (Å²) in [6, 6.07) is 8.00. The second-order valence-electron chi connectivity index (χ2n) is 6.62. The minimum atomic E-state index is 0.166. The van der Waals surface area contributed by atoms with Gasteiger partial charge in [-0.2, -0.15) is 0 Å². The SMILES string of the molecule is COc1ccc(-c2csc3ncnc(Sc4nnnn4CC4CCCO4)c23)cc1. The first kappa shape index (κ1) is 18.5. The molecule has 0 radical (unpaired) electrons. The van der Waals surface area contributed by atoms with Gasteiger partial charge in [0.2, 0.25) is 5.16 Å². The zero-order valence-corrected chi connectivity index (χ0v) is 17.3. The summed E-state index contributed by atoms with van der Waals surface area (Å²) in [6.07, 6.45) is 3.88. The number of thiophene rings is 1. The van der Waals surface area contributed by atoms with E-state index in [1.165, 1.54) is 11.8 Å². The topological polar surface area (TPSA) is 87.8 Å². The van der Waals surface area contributed by atoms with E-state index in [1.54, 1.807) is 29.5 Å². The highest BCUT2D eigenvalue weighted by Crippen LogP contribution is 2.39. The van der Waals surface area contributed by atoms with Crippen LogP contribution in [-0.2, 0) is 11.3 Å². The normalized spacial score (nSPS) is 16.5. The highest BCUT2D eigenvalue weighted by Gasteiger charge is 2.21. The van der Waals surface area contributed by atoms with Gasteiger partial charge in [-0.25, -0.2) is 14.6 Å². The average molecular weight is 427 g/mol. The molecule has 1 aromatic carbocycles. The minimum absolute atomic E-state index is 0.166. The lowest BCUT2D eigenvalue weighted by Gasteiger charge is -2.10. The van der Waals surface area contributed by atoms with Gasteiger partial charge in [0.15, 0.2) is 0 Å². The van der Waals surface area contributed by atoms with Crippen LogP contribution in [0.4, 0.5) is 0 Å². The summed E-state index contributed by atoms with van der Waals surface area (Å²) in [7, 11) is 1.67. The molecule has 1 fully saturated rings. The molecule has 5 rings (SSSR count). The highest BCUT2D eigenvalue weighted by molar-refractivity contribution is 7.99. The van der Waals surface area contributed by atoms with Crippen LogP contribution in [0.15, 0.2) is 46.2 Å². The minimum Gasteiger partial charge on any atom is -0.497 e. The molecule has 8 nitrogen and oxygen atoms in total. The second-order valence-corrected chi connectivity index (χ2v) is 8.43. The Labute approximate surface area is 175 Å². The molecule has 4 aromatic rings. The lowest BCUT2D eigenvalue weighted by Crippen LogP contribution is -2.16. The number of fused-ring (bicyclic) bond motifs is 1. The Morgan fingerprint density at radius 3 is 2.97 bits per heavy atom.